The molecule has 0 aliphatic carbocycles. The number of hydrogen-bond donors (Lipinski definition) is 1. The third-order valence-corrected chi connectivity index (χ3v) is 4.07. The minimum atomic E-state index is 0.280. The van der Waals surface area contributed by atoms with Gasteiger partial charge in [-0.2, -0.15) is 0 Å². The Balaban J connectivity index is 2.24. The molecular weight excluding hydrogens is 208 g/mol. The molecule has 2 heteroatoms. The summed E-state index contributed by atoms with van der Waals surface area (Å²) in [6, 6.07) is 11.4. The Labute approximate surface area is 105 Å². The summed E-state index contributed by atoms with van der Waals surface area (Å²) in [5.74, 6) is 0. The van der Waals surface area contributed by atoms with Crippen molar-refractivity contribution in [3.05, 3.63) is 35.9 Å². The molecular formula is C15H24N2. The van der Waals surface area contributed by atoms with E-state index in [0.717, 1.165) is 19.6 Å². The zero-order valence-corrected chi connectivity index (χ0v) is 11.2. The van der Waals surface area contributed by atoms with Crippen molar-refractivity contribution in [2.75, 3.05) is 19.6 Å². The predicted molar refractivity (Wildman–Crippen MR) is 73.1 cm³/mol. The van der Waals surface area contributed by atoms with Crippen LogP contribution >= 0.6 is 0 Å². The van der Waals surface area contributed by atoms with Crippen molar-refractivity contribution < 1.29 is 0 Å². The molecule has 0 bridgehead atoms. The van der Waals surface area contributed by atoms with E-state index in [0.29, 0.717) is 6.04 Å². The van der Waals surface area contributed by atoms with E-state index in [1.165, 1.54) is 12.0 Å². The van der Waals surface area contributed by atoms with Gasteiger partial charge in [0.1, 0.15) is 0 Å². The fraction of sp³-hybridized carbons (Fsp3) is 0.600. The van der Waals surface area contributed by atoms with Crippen LogP contribution in [-0.2, 0) is 0 Å². The zero-order chi connectivity index (χ0) is 12.3. The smallest absolute Gasteiger partial charge is 0.0478 e. The van der Waals surface area contributed by atoms with Crippen LogP contribution < -0.4 is 5.32 Å². The van der Waals surface area contributed by atoms with E-state index in [1.54, 1.807) is 0 Å². The van der Waals surface area contributed by atoms with E-state index in [2.05, 4.69) is 61.3 Å². The van der Waals surface area contributed by atoms with Gasteiger partial charge in [0, 0.05) is 31.2 Å². The van der Waals surface area contributed by atoms with Gasteiger partial charge in [0.25, 0.3) is 0 Å². The average Bonchev–Trinajstić information content (AvgIpc) is 2.40. The van der Waals surface area contributed by atoms with Gasteiger partial charge in [-0.25, -0.2) is 0 Å². The highest BCUT2D eigenvalue weighted by Gasteiger charge is 2.33. The molecule has 1 atom stereocenters. The van der Waals surface area contributed by atoms with Crippen LogP contribution in [-0.4, -0.2) is 30.1 Å². The number of hydrogen-bond acceptors (Lipinski definition) is 2. The molecule has 0 aromatic heterocycles. The first-order valence-corrected chi connectivity index (χ1v) is 6.67. The Morgan fingerprint density at radius 2 is 2.00 bits per heavy atom. The molecule has 1 fully saturated rings. The normalized spacial score (nSPS) is 22.6. The maximum absolute atomic E-state index is 3.52. The molecule has 1 aromatic carbocycles. The van der Waals surface area contributed by atoms with Gasteiger partial charge in [0.15, 0.2) is 0 Å². The quantitative estimate of drug-likeness (QED) is 0.862. The summed E-state index contributed by atoms with van der Waals surface area (Å²) in [5.41, 5.74) is 1.71. The number of piperazine rings is 1. The van der Waals surface area contributed by atoms with Crippen molar-refractivity contribution in [2.45, 2.75) is 38.8 Å². The lowest BCUT2D eigenvalue weighted by Gasteiger charge is -2.46. The van der Waals surface area contributed by atoms with Crippen LogP contribution in [0, 0.1) is 0 Å². The molecule has 1 heterocycles. The first-order chi connectivity index (χ1) is 8.15. The minimum absolute atomic E-state index is 0.280. The number of nitrogens with zero attached hydrogens (tertiary/aromatic N) is 1. The molecule has 1 aliphatic rings. The molecule has 1 aromatic rings. The van der Waals surface area contributed by atoms with E-state index in [4.69, 9.17) is 0 Å². The maximum atomic E-state index is 3.52. The van der Waals surface area contributed by atoms with Crippen molar-refractivity contribution in [1.82, 2.24) is 10.2 Å². The van der Waals surface area contributed by atoms with Crippen LogP contribution in [0.1, 0.15) is 38.8 Å². The van der Waals surface area contributed by atoms with Crippen molar-refractivity contribution in [3.63, 3.8) is 0 Å². The Bertz CT molecular complexity index is 345. The monoisotopic (exact) mass is 232 g/mol. The predicted octanol–water partition coefficient (Wildman–Crippen LogP) is 2.82. The van der Waals surface area contributed by atoms with Crippen molar-refractivity contribution in [2.24, 2.45) is 0 Å². The standard InChI is InChI=1S/C15H24N2/c1-4-15(2,3)17-11-10-16-12-14(17)13-8-6-5-7-9-13/h5-9,14,16H,4,10-12H2,1-3H3. The minimum Gasteiger partial charge on any atom is -0.314 e. The summed E-state index contributed by atoms with van der Waals surface area (Å²) in [6.07, 6.45) is 1.19. The Morgan fingerprint density at radius 3 is 2.65 bits per heavy atom. The lowest BCUT2D eigenvalue weighted by molar-refractivity contribution is 0.0455. The van der Waals surface area contributed by atoms with Crippen LogP contribution in [0.4, 0.5) is 0 Å². The van der Waals surface area contributed by atoms with Crippen LogP contribution in [0.3, 0.4) is 0 Å². The van der Waals surface area contributed by atoms with E-state index in [9.17, 15) is 0 Å². The van der Waals surface area contributed by atoms with E-state index in [-0.39, 0.29) is 5.54 Å². The van der Waals surface area contributed by atoms with Crippen LogP contribution in [0.5, 0.6) is 0 Å². The molecule has 17 heavy (non-hydrogen) atoms. The van der Waals surface area contributed by atoms with Crippen LogP contribution in [0.15, 0.2) is 30.3 Å². The molecule has 1 N–H and O–H groups in total. The largest absolute Gasteiger partial charge is 0.314 e. The topological polar surface area (TPSA) is 15.3 Å². The Hall–Kier alpha value is -0.860. The summed E-state index contributed by atoms with van der Waals surface area (Å²) in [4.78, 5) is 2.65. The third-order valence-electron chi connectivity index (χ3n) is 4.07. The van der Waals surface area contributed by atoms with Gasteiger partial charge in [-0.3, -0.25) is 4.90 Å². The number of rotatable bonds is 3. The zero-order valence-electron chi connectivity index (χ0n) is 11.2. The third kappa shape index (κ3) is 2.70. The Kier molecular flexibility index (Phi) is 3.85. The van der Waals surface area contributed by atoms with Gasteiger partial charge in [0.2, 0.25) is 0 Å². The number of nitrogens with one attached hydrogen (secondary N) is 1. The van der Waals surface area contributed by atoms with E-state index >= 15 is 0 Å². The summed E-state index contributed by atoms with van der Waals surface area (Å²) in [7, 11) is 0. The molecule has 0 amide bonds. The van der Waals surface area contributed by atoms with E-state index in [1.807, 2.05) is 0 Å². The van der Waals surface area contributed by atoms with Crippen molar-refractivity contribution >= 4 is 0 Å². The molecule has 2 rings (SSSR count). The van der Waals surface area contributed by atoms with Gasteiger partial charge in [-0.15, -0.1) is 0 Å². The van der Waals surface area contributed by atoms with E-state index < -0.39 is 0 Å². The average molecular weight is 232 g/mol. The van der Waals surface area contributed by atoms with Gasteiger partial charge >= 0.3 is 0 Å². The molecule has 1 unspecified atom stereocenters. The van der Waals surface area contributed by atoms with Crippen LogP contribution in [0.25, 0.3) is 0 Å². The molecule has 1 aliphatic heterocycles. The Morgan fingerprint density at radius 1 is 1.29 bits per heavy atom. The lowest BCUT2D eigenvalue weighted by atomic mass is 9.92. The fourth-order valence-electron chi connectivity index (χ4n) is 2.60. The van der Waals surface area contributed by atoms with Gasteiger partial charge in [-0.05, 0) is 25.8 Å². The highest BCUT2D eigenvalue weighted by Crippen LogP contribution is 2.31. The second-order valence-corrected chi connectivity index (χ2v) is 5.49. The van der Waals surface area contributed by atoms with Crippen molar-refractivity contribution in [3.8, 4) is 0 Å². The molecule has 2 nitrogen and oxygen atoms in total. The second-order valence-electron chi connectivity index (χ2n) is 5.49. The molecule has 1 saturated heterocycles. The summed E-state index contributed by atoms with van der Waals surface area (Å²) >= 11 is 0. The van der Waals surface area contributed by atoms with Crippen LogP contribution in [0.2, 0.25) is 0 Å². The van der Waals surface area contributed by atoms with Gasteiger partial charge < -0.3 is 5.32 Å². The molecule has 0 spiro atoms. The fourth-order valence-corrected chi connectivity index (χ4v) is 2.60. The maximum Gasteiger partial charge on any atom is 0.0478 e. The first kappa shape index (κ1) is 12.6. The second kappa shape index (κ2) is 5.19. The summed E-state index contributed by atoms with van der Waals surface area (Å²) in [5, 5.41) is 3.52. The molecule has 0 saturated carbocycles. The molecule has 0 radical (unpaired) electrons. The highest BCUT2D eigenvalue weighted by atomic mass is 15.3. The number of benzene rings is 1. The molecule has 94 valence electrons. The SMILES string of the molecule is CCC(C)(C)N1CCNCC1c1ccccc1. The van der Waals surface area contributed by atoms with Gasteiger partial charge in [0.05, 0.1) is 0 Å². The van der Waals surface area contributed by atoms with Crippen molar-refractivity contribution in [1.29, 1.82) is 0 Å². The van der Waals surface area contributed by atoms with Gasteiger partial charge in [-0.1, -0.05) is 37.3 Å². The first-order valence-electron chi connectivity index (χ1n) is 6.67. The lowest BCUT2D eigenvalue weighted by Crippen LogP contribution is -2.54. The summed E-state index contributed by atoms with van der Waals surface area (Å²) < 4.78 is 0. The summed E-state index contributed by atoms with van der Waals surface area (Å²) in [6.45, 7) is 10.3. The highest BCUT2D eigenvalue weighted by molar-refractivity contribution is 5.20.